The fourth-order valence-corrected chi connectivity index (χ4v) is 2.26. The summed E-state index contributed by atoms with van der Waals surface area (Å²) >= 11 is 0. The SMILES string of the molecule is C=C[C@]1(C)CCC([C@](C)(O)CCC=C(C)C)O1. The van der Waals surface area contributed by atoms with Gasteiger partial charge < -0.3 is 9.84 Å². The molecule has 1 saturated heterocycles. The summed E-state index contributed by atoms with van der Waals surface area (Å²) in [4.78, 5) is 0. The largest absolute Gasteiger partial charge is 0.387 e. The third kappa shape index (κ3) is 3.97. The molecular weight excluding hydrogens is 212 g/mol. The molecule has 2 nitrogen and oxygen atoms in total. The first-order valence-electron chi connectivity index (χ1n) is 6.46. The number of hydrogen-bond acceptors (Lipinski definition) is 2. The van der Waals surface area contributed by atoms with Crippen LogP contribution >= 0.6 is 0 Å². The third-order valence-corrected chi connectivity index (χ3v) is 3.64. The van der Waals surface area contributed by atoms with Gasteiger partial charge in [0.2, 0.25) is 0 Å². The highest BCUT2D eigenvalue weighted by Crippen LogP contribution is 2.37. The lowest BCUT2D eigenvalue weighted by molar-refractivity contribution is -0.112. The lowest BCUT2D eigenvalue weighted by Crippen LogP contribution is -2.40. The fourth-order valence-electron chi connectivity index (χ4n) is 2.26. The van der Waals surface area contributed by atoms with Gasteiger partial charge in [0.25, 0.3) is 0 Å². The molecule has 0 aromatic rings. The maximum absolute atomic E-state index is 10.5. The van der Waals surface area contributed by atoms with Crippen LogP contribution in [0.2, 0.25) is 0 Å². The van der Waals surface area contributed by atoms with E-state index in [1.807, 2.05) is 19.9 Å². The third-order valence-electron chi connectivity index (χ3n) is 3.64. The van der Waals surface area contributed by atoms with E-state index in [4.69, 9.17) is 4.74 Å². The topological polar surface area (TPSA) is 29.5 Å². The normalized spacial score (nSPS) is 31.9. The Labute approximate surface area is 105 Å². The summed E-state index contributed by atoms with van der Waals surface area (Å²) in [6, 6.07) is 0. The summed E-state index contributed by atoms with van der Waals surface area (Å²) in [7, 11) is 0. The maximum Gasteiger partial charge on any atom is 0.0883 e. The lowest BCUT2D eigenvalue weighted by atomic mass is 9.90. The minimum Gasteiger partial charge on any atom is -0.387 e. The molecule has 1 N–H and O–H groups in total. The second-order valence-electron chi connectivity index (χ2n) is 5.84. The van der Waals surface area contributed by atoms with E-state index < -0.39 is 5.60 Å². The molecule has 0 amide bonds. The van der Waals surface area contributed by atoms with Gasteiger partial charge in [-0.2, -0.15) is 0 Å². The second kappa shape index (κ2) is 5.36. The molecule has 0 aromatic heterocycles. The Balaban J connectivity index is 2.54. The average Bonchev–Trinajstić information content (AvgIpc) is 2.62. The van der Waals surface area contributed by atoms with Crippen LogP contribution in [0.3, 0.4) is 0 Å². The summed E-state index contributed by atoms with van der Waals surface area (Å²) in [5.41, 5.74) is 0.293. The van der Waals surface area contributed by atoms with Crippen molar-refractivity contribution in [1.82, 2.24) is 0 Å². The van der Waals surface area contributed by atoms with Crippen LogP contribution in [0.4, 0.5) is 0 Å². The van der Waals surface area contributed by atoms with Gasteiger partial charge in [-0.3, -0.25) is 0 Å². The molecule has 98 valence electrons. The van der Waals surface area contributed by atoms with Crippen molar-refractivity contribution in [3.8, 4) is 0 Å². The Hall–Kier alpha value is -0.600. The van der Waals surface area contributed by atoms with E-state index in [2.05, 4.69) is 26.5 Å². The maximum atomic E-state index is 10.5. The van der Waals surface area contributed by atoms with Crippen LogP contribution in [0.15, 0.2) is 24.3 Å². The standard InChI is InChI=1S/C15H26O2/c1-6-14(4)11-9-13(17-14)15(5,16)10-7-8-12(2)3/h6,8,13,16H,1,7,9-11H2,2-5H3/t13?,14-,15-/m1/s1. The van der Waals surface area contributed by atoms with Gasteiger partial charge >= 0.3 is 0 Å². The molecule has 1 heterocycles. The van der Waals surface area contributed by atoms with Crippen molar-refractivity contribution in [3.63, 3.8) is 0 Å². The summed E-state index contributed by atoms with van der Waals surface area (Å²) < 4.78 is 5.93. The van der Waals surface area contributed by atoms with E-state index in [1.54, 1.807) is 0 Å². The Morgan fingerprint density at radius 1 is 1.59 bits per heavy atom. The summed E-state index contributed by atoms with van der Waals surface area (Å²) in [6.45, 7) is 11.9. The fraction of sp³-hybridized carbons (Fsp3) is 0.733. The smallest absolute Gasteiger partial charge is 0.0883 e. The molecule has 1 unspecified atom stereocenters. The van der Waals surface area contributed by atoms with Gasteiger partial charge in [-0.1, -0.05) is 17.7 Å². The van der Waals surface area contributed by atoms with Crippen LogP contribution < -0.4 is 0 Å². The molecule has 1 aliphatic heterocycles. The molecule has 17 heavy (non-hydrogen) atoms. The quantitative estimate of drug-likeness (QED) is 0.741. The van der Waals surface area contributed by atoms with E-state index in [1.165, 1.54) is 5.57 Å². The number of hydrogen-bond donors (Lipinski definition) is 1. The van der Waals surface area contributed by atoms with Crippen LogP contribution in [0, 0.1) is 0 Å². The van der Waals surface area contributed by atoms with Gasteiger partial charge in [0.05, 0.1) is 17.3 Å². The van der Waals surface area contributed by atoms with E-state index in [0.29, 0.717) is 0 Å². The molecule has 0 spiro atoms. The van der Waals surface area contributed by atoms with Crippen molar-refractivity contribution in [2.45, 2.75) is 70.7 Å². The Morgan fingerprint density at radius 3 is 2.71 bits per heavy atom. The van der Waals surface area contributed by atoms with E-state index in [-0.39, 0.29) is 11.7 Å². The zero-order valence-electron chi connectivity index (χ0n) is 11.6. The van der Waals surface area contributed by atoms with E-state index >= 15 is 0 Å². The van der Waals surface area contributed by atoms with Gasteiger partial charge in [0.1, 0.15) is 0 Å². The predicted molar refractivity (Wildman–Crippen MR) is 72.0 cm³/mol. The van der Waals surface area contributed by atoms with E-state index in [0.717, 1.165) is 25.7 Å². The van der Waals surface area contributed by atoms with Crippen LogP contribution in [0.5, 0.6) is 0 Å². The molecule has 2 heteroatoms. The average molecular weight is 238 g/mol. The summed E-state index contributed by atoms with van der Waals surface area (Å²) in [6.07, 6.45) is 7.44. The van der Waals surface area contributed by atoms with Gasteiger partial charge in [0, 0.05) is 0 Å². The Kier molecular flexibility index (Phi) is 4.56. The zero-order chi connectivity index (χ0) is 13.1. The van der Waals surface area contributed by atoms with Crippen LogP contribution in [-0.4, -0.2) is 22.4 Å². The molecule has 0 aromatic carbocycles. The highest BCUT2D eigenvalue weighted by atomic mass is 16.5. The molecule has 1 fully saturated rings. The van der Waals surface area contributed by atoms with Crippen LogP contribution in [0.1, 0.15) is 53.4 Å². The van der Waals surface area contributed by atoms with Gasteiger partial charge in [-0.25, -0.2) is 0 Å². The van der Waals surface area contributed by atoms with Gasteiger partial charge in [-0.05, 0) is 53.4 Å². The first-order chi connectivity index (χ1) is 7.79. The molecule has 0 radical (unpaired) electrons. The first-order valence-corrected chi connectivity index (χ1v) is 6.46. The number of aliphatic hydroxyl groups is 1. The highest BCUT2D eigenvalue weighted by Gasteiger charge is 2.42. The molecule has 0 aliphatic carbocycles. The van der Waals surface area contributed by atoms with Crippen molar-refractivity contribution < 1.29 is 9.84 Å². The molecule has 0 saturated carbocycles. The summed E-state index contributed by atoms with van der Waals surface area (Å²) in [5.74, 6) is 0. The molecule has 3 atom stereocenters. The van der Waals surface area contributed by atoms with Crippen molar-refractivity contribution in [3.05, 3.63) is 24.3 Å². The molecular formula is C15H26O2. The van der Waals surface area contributed by atoms with E-state index in [9.17, 15) is 5.11 Å². The second-order valence-corrected chi connectivity index (χ2v) is 5.84. The number of rotatable bonds is 5. The summed E-state index contributed by atoms with van der Waals surface area (Å²) in [5, 5.41) is 10.5. The minimum atomic E-state index is -0.743. The predicted octanol–water partition coefficient (Wildman–Crippen LogP) is 3.61. The monoisotopic (exact) mass is 238 g/mol. The van der Waals surface area contributed by atoms with Crippen LogP contribution in [0.25, 0.3) is 0 Å². The number of allylic oxidation sites excluding steroid dienone is 2. The molecule has 1 rings (SSSR count). The van der Waals surface area contributed by atoms with Crippen molar-refractivity contribution in [2.24, 2.45) is 0 Å². The van der Waals surface area contributed by atoms with Crippen molar-refractivity contribution >= 4 is 0 Å². The molecule has 1 aliphatic rings. The first kappa shape index (κ1) is 14.5. The van der Waals surface area contributed by atoms with Gasteiger partial charge in [-0.15, -0.1) is 6.58 Å². The number of ether oxygens (including phenoxy) is 1. The van der Waals surface area contributed by atoms with Crippen molar-refractivity contribution in [1.29, 1.82) is 0 Å². The zero-order valence-corrected chi connectivity index (χ0v) is 11.6. The Morgan fingerprint density at radius 2 is 2.24 bits per heavy atom. The Bertz CT molecular complexity index is 300. The lowest BCUT2D eigenvalue weighted by Gasteiger charge is -2.31. The van der Waals surface area contributed by atoms with Gasteiger partial charge in [0.15, 0.2) is 0 Å². The minimum absolute atomic E-state index is 0.0731. The highest BCUT2D eigenvalue weighted by molar-refractivity contribution is 5.03. The molecule has 0 bridgehead atoms. The van der Waals surface area contributed by atoms with Crippen LogP contribution in [-0.2, 0) is 4.74 Å². The van der Waals surface area contributed by atoms with Crippen molar-refractivity contribution in [2.75, 3.05) is 0 Å².